The number of aromatic amines is 1. The molecule has 0 saturated carbocycles. The maximum Gasteiger partial charge on any atom is 0.340 e. The van der Waals surface area contributed by atoms with Crippen molar-refractivity contribution in [2.75, 3.05) is 19.0 Å². The fourth-order valence-electron chi connectivity index (χ4n) is 2.66. The predicted molar refractivity (Wildman–Crippen MR) is 98.5 cm³/mol. The van der Waals surface area contributed by atoms with Gasteiger partial charge in [0, 0.05) is 23.7 Å². The van der Waals surface area contributed by atoms with Gasteiger partial charge in [0.25, 0.3) is 0 Å². The van der Waals surface area contributed by atoms with Gasteiger partial charge in [-0.1, -0.05) is 30.3 Å². The van der Waals surface area contributed by atoms with Gasteiger partial charge in [-0.2, -0.15) is 0 Å². The Kier molecular flexibility index (Phi) is 6.62. The Morgan fingerprint density at radius 1 is 1.25 bits per heavy atom. The first-order valence-electron chi connectivity index (χ1n) is 8.12. The molecule has 2 aromatic rings. The minimum Gasteiger partial charge on any atom is -0.462 e. The van der Waals surface area contributed by atoms with Crippen LogP contribution in [0.2, 0.25) is 0 Å². The minimum atomic E-state index is -0.303. The van der Waals surface area contributed by atoms with Crippen LogP contribution in [0.5, 0.6) is 0 Å². The molecule has 0 radical (unpaired) electrons. The summed E-state index contributed by atoms with van der Waals surface area (Å²) in [7, 11) is 0. The first-order valence-corrected chi connectivity index (χ1v) is 8.66. The Labute approximate surface area is 147 Å². The van der Waals surface area contributed by atoms with E-state index in [2.05, 4.69) is 4.98 Å². The van der Waals surface area contributed by atoms with E-state index in [-0.39, 0.29) is 5.97 Å². The van der Waals surface area contributed by atoms with E-state index in [1.54, 1.807) is 6.92 Å². The SMILES string of the molecule is CCOC(=O)c1c(C)[nH]c(/C(=N/CCCCl)c2ccccc2)c1C. The molecule has 5 heteroatoms. The van der Waals surface area contributed by atoms with E-state index in [0.29, 0.717) is 24.6 Å². The van der Waals surface area contributed by atoms with Gasteiger partial charge in [0.15, 0.2) is 0 Å². The van der Waals surface area contributed by atoms with E-state index < -0.39 is 0 Å². The first kappa shape index (κ1) is 18.3. The Morgan fingerprint density at radius 2 is 1.96 bits per heavy atom. The van der Waals surface area contributed by atoms with Crippen LogP contribution in [0.25, 0.3) is 0 Å². The van der Waals surface area contributed by atoms with Crippen molar-refractivity contribution in [3.05, 3.63) is 58.4 Å². The van der Waals surface area contributed by atoms with Crippen molar-refractivity contribution in [1.29, 1.82) is 0 Å². The highest BCUT2D eigenvalue weighted by molar-refractivity contribution is 6.18. The monoisotopic (exact) mass is 346 g/mol. The lowest BCUT2D eigenvalue weighted by Crippen LogP contribution is -2.09. The number of benzene rings is 1. The molecule has 4 nitrogen and oxygen atoms in total. The van der Waals surface area contributed by atoms with Crippen molar-refractivity contribution in [3.8, 4) is 0 Å². The van der Waals surface area contributed by atoms with Crippen LogP contribution in [0, 0.1) is 13.8 Å². The normalized spacial score (nSPS) is 11.6. The van der Waals surface area contributed by atoms with Crippen molar-refractivity contribution < 1.29 is 9.53 Å². The molecule has 2 rings (SSSR count). The summed E-state index contributed by atoms with van der Waals surface area (Å²) in [6.07, 6.45) is 0.807. The predicted octanol–water partition coefficient (Wildman–Crippen LogP) is 4.27. The van der Waals surface area contributed by atoms with Crippen LogP contribution in [-0.2, 0) is 4.74 Å². The van der Waals surface area contributed by atoms with Crippen LogP contribution >= 0.6 is 11.6 Å². The van der Waals surface area contributed by atoms with E-state index in [1.807, 2.05) is 44.2 Å². The summed E-state index contributed by atoms with van der Waals surface area (Å²) in [5.74, 6) is 0.269. The molecular weight excluding hydrogens is 324 g/mol. The highest BCUT2D eigenvalue weighted by Crippen LogP contribution is 2.22. The molecule has 0 unspecified atom stereocenters. The molecule has 0 atom stereocenters. The Bertz CT molecular complexity index is 720. The molecule has 128 valence electrons. The fraction of sp³-hybridized carbons (Fsp3) is 0.368. The van der Waals surface area contributed by atoms with Gasteiger partial charge >= 0.3 is 5.97 Å². The smallest absolute Gasteiger partial charge is 0.340 e. The van der Waals surface area contributed by atoms with Gasteiger partial charge < -0.3 is 9.72 Å². The number of aryl methyl sites for hydroxylation is 1. The lowest BCUT2D eigenvalue weighted by Gasteiger charge is -2.08. The molecular formula is C19H23ClN2O2. The first-order chi connectivity index (χ1) is 11.6. The maximum atomic E-state index is 12.2. The Balaban J connectivity index is 2.49. The number of carbonyl (C=O) groups is 1. The lowest BCUT2D eigenvalue weighted by molar-refractivity contribution is 0.0525. The molecule has 0 aliphatic rings. The molecule has 1 aromatic heterocycles. The number of ether oxygens (including phenoxy) is 1. The zero-order chi connectivity index (χ0) is 17.5. The number of esters is 1. The third-order valence-electron chi connectivity index (χ3n) is 3.76. The largest absolute Gasteiger partial charge is 0.462 e. The summed E-state index contributed by atoms with van der Waals surface area (Å²) in [5.41, 5.74) is 4.95. The summed E-state index contributed by atoms with van der Waals surface area (Å²) in [6, 6.07) is 9.95. The number of nitrogens with one attached hydrogen (secondary N) is 1. The quantitative estimate of drug-likeness (QED) is 0.352. The number of carbonyl (C=O) groups excluding carboxylic acids is 1. The highest BCUT2D eigenvalue weighted by Gasteiger charge is 2.22. The highest BCUT2D eigenvalue weighted by atomic mass is 35.5. The number of H-pyrrole nitrogens is 1. The van der Waals surface area contributed by atoms with Gasteiger partial charge in [-0.15, -0.1) is 11.6 Å². The summed E-state index contributed by atoms with van der Waals surface area (Å²) < 4.78 is 5.17. The van der Waals surface area contributed by atoms with Crippen molar-refractivity contribution in [2.24, 2.45) is 4.99 Å². The molecule has 1 N–H and O–H groups in total. The molecule has 0 fully saturated rings. The van der Waals surface area contributed by atoms with Crippen LogP contribution in [-0.4, -0.2) is 35.7 Å². The molecule has 0 aliphatic carbocycles. The zero-order valence-electron chi connectivity index (χ0n) is 14.4. The van der Waals surface area contributed by atoms with Crippen molar-refractivity contribution in [3.63, 3.8) is 0 Å². The molecule has 0 bridgehead atoms. The van der Waals surface area contributed by atoms with Gasteiger partial charge in [0.1, 0.15) is 0 Å². The third-order valence-corrected chi connectivity index (χ3v) is 4.03. The van der Waals surface area contributed by atoms with Crippen molar-refractivity contribution in [1.82, 2.24) is 4.98 Å². The number of alkyl halides is 1. The van der Waals surface area contributed by atoms with Gasteiger partial charge in [0.2, 0.25) is 0 Å². The minimum absolute atomic E-state index is 0.303. The Hall–Kier alpha value is -2.07. The second-order valence-electron chi connectivity index (χ2n) is 5.48. The lowest BCUT2D eigenvalue weighted by atomic mass is 10.0. The van der Waals surface area contributed by atoms with Gasteiger partial charge in [0.05, 0.1) is 23.6 Å². The molecule has 0 saturated heterocycles. The summed E-state index contributed by atoms with van der Waals surface area (Å²) in [5, 5.41) is 0. The van der Waals surface area contributed by atoms with Crippen molar-refractivity contribution in [2.45, 2.75) is 27.2 Å². The molecule has 1 aromatic carbocycles. The number of halogens is 1. The maximum absolute atomic E-state index is 12.2. The number of rotatable bonds is 7. The van der Waals surface area contributed by atoms with E-state index in [9.17, 15) is 4.79 Å². The number of nitrogens with zero attached hydrogens (tertiary/aromatic N) is 1. The molecule has 1 heterocycles. The van der Waals surface area contributed by atoms with E-state index in [4.69, 9.17) is 21.3 Å². The van der Waals surface area contributed by atoms with Gasteiger partial charge in [-0.3, -0.25) is 4.99 Å². The van der Waals surface area contributed by atoms with E-state index in [1.165, 1.54) is 0 Å². The molecule has 0 amide bonds. The average molecular weight is 347 g/mol. The van der Waals surface area contributed by atoms with Crippen LogP contribution in [0.15, 0.2) is 35.3 Å². The number of hydrogen-bond acceptors (Lipinski definition) is 3. The molecule has 24 heavy (non-hydrogen) atoms. The third kappa shape index (κ3) is 4.06. The zero-order valence-corrected chi connectivity index (χ0v) is 15.1. The van der Waals surface area contributed by atoms with Gasteiger partial charge in [-0.25, -0.2) is 4.79 Å². The number of aliphatic imine (C=N–C) groups is 1. The summed E-state index contributed by atoms with van der Waals surface area (Å²) in [4.78, 5) is 20.3. The Morgan fingerprint density at radius 3 is 2.58 bits per heavy atom. The van der Waals surface area contributed by atoms with Gasteiger partial charge in [-0.05, 0) is 32.8 Å². The summed E-state index contributed by atoms with van der Waals surface area (Å²) in [6.45, 7) is 6.60. The van der Waals surface area contributed by atoms with Crippen LogP contribution < -0.4 is 0 Å². The van der Waals surface area contributed by atoms with Crippen molar-refractivity contribution >= 4 is 23.3 Å². The fourth-order valence-corrected chi connectivity index (χ4v) is 2.78. The molecule has 0 spiro atoms. The second kappa shape index (κ2) is 8.69. The van der Waals surface area contributed by atoms with Crippen LogP contribution in [0.3, 0.4) is 0 Å². The molecule has 0 aliphatic heterocycles. The summed E-state index contributed by atoms with van der Waals surface area (Å²) >= 11 is 5.78. The van der Waals surface area contributed by atoms with E-state index >= 15 is 0 Å². The average Bonchev–Trinajstić information content (AvgIpc) is 2.87. The van der Waals surface area contributed by atoms with Crippen LogP contribution in [0.1, 0.15) is 46.2 Å². The number of aromatic nitrogens is 1. The number of hydrogen-bond donors (Lipinski definition) is 1. The van der Waals surface area contributed by atoms with Crippen LogP contribution in [0.4, 0.5) is 0 Å². The second-order valence-corrected chi connectivity index (χ2v) is 5.86. The standard InChI is InChI=1S/C19H23ClN2O2/c1-4-24-19(23)16-13(2)17(22-14(16)3)18(21-12-8-11-20)15-9-6-5-7-10-15/h5-7,9-10,22H,4,8,11-12H2,1-3H3/b21-18+. The topological polar surface area (TPSA) is 54.5 Å². The van der Waals surface area contributed by atoms with E-state index in [0.717, 1.165) is 34.6 Å².